The molecular weight excluding hydrogens is 206 g/mol. The SMILES string of the molecule is NC(=O)C1CCCN1c1ccc(CO)cn1. The van der Waals surface area contributed by atoms with Crippen LogP contribution in [0.15, 0.2) is 18.3 Å². The van der Waals surface area contributed by atoms with E-state index in [1.165, 1.54) is 0 Å². The maximum atomic E-state index is 11.2. The molecule has 5 heteroatoms. The fourth-order valence-corrected chi connectivity index (χ4v) is 2.02. The number of rotatable bonds is 3. The van der Waals surface area contributed by atoms with Crippen LogP contribution in [0.1, 0.15) is 18.4 Å². The van der Waals surface area contributed by atoms with Crippen LogP contribution in [0.25, 0.3) is 0 Å². The highest BCUT2D eigenvalue weighted by Crippen LogP contribution is 2.23. The van der Waals surface area contributed by atoms with Crippen molar-refractivity contribution in [2.45, 2.75) is 25.5 Å². The molecule has 0 saturated carbocycles. The van der Waals surface area contributed by atoms with Crippen LogP contribution in [0.5, 0.6) is 0 Å². The van der Waals surface area contributed by atoms with E-state index < -0.39 is 0 Å². The van der Waals surface area contributed by atoms with Crippen LogP contribution >= 0.6 is 0 Å². The molecule has 0 aromatic carbocycles. The maximum absolute atomic E-state index is 11.2. The lowest BCUT2D eigenvalue weighted by Gasteiger charge is -2.23. The Bertz CT molecular complexity index is 377. The van der Waals surface area contributed by atoms with Gasteiger partial charge in [0.25, 0.3) is 0 Å². The van der Waals surface area contributed by atoms with Gasteiger partial charge in [0, 0.05) is 12.7 Å². The van der Waals surface area contributed by atoms with Gasteiger partial charge in [-0.05, 0) is 24.5 Å². The summed E-state index contributed by atoms with van der Waals surface area (Å²) in [6.45, 7) is 0.783. The Morgan fingerprint density at radius 2 is 2.44 bits per heavy atom. The number of carbonyl (C=O) groups excluding carboxylic acids is 1. The Morgan fingerprint density at radius 1 is 1.62 bits per heavy atom. The Labute approximate surface area is 93.9 Å². The average molecular weight is 221 g/mol. The van der Waals surface area contributed by atoms with E-state index in [1.54, 1.807) is 12.3 Å². The summed E-state index contributed by atoms with van der Waals surface area (Å²) in [5.74, 6) is 0.448. The molecule has 1 fully saturated rings. The van der Waals surface area contributed by atoms with E-state index in [1.807, 2.05) is 11.0 Å². The van der Waals surface area contributed by atoms with Gasteiger partial charge < -0.3 is 15.7 Å². The number of anilines is 1. The lowest BCUT2D eigenvalue weighted by Crippen LogP contribution is -2.40. The van der Waals surface area contributed by atoms with Gasteiger partial charge in [0.05, 0.1) is 6.61 Å². The van der Waals surface area contributed by atoms with Gasteiger partial charge in [-0.2, -0.15) is 0 Å². The third kappa shape index (κ3) is 1.99. The maximum Gasteiger partial charge on any atom is 0.240 e. The molecule has 0 spiro atoms. The molecule has 0 radical (unpaired) electrons. The molecule has 1 aliphatic rings. The Morgan fingerprint density at radius 3 is 3.00 bits per heavy atom. The number of aliphatic hydroxyl groups excluding tert-OH is 1. The van der Waals surface area contributed by atoms with Crippen LogP contribution in [0.4, 0.5) is 5.82 Å². The van der Waals surface area contributed by atoms with E-state index in [9.17, 15) is 4.79 Å². The van der Waals surface area contributed by atoms with Crippen molar-refractivity contribution in [2.75, 3.05) is 11.4 Å². The quantitative estimate of drug-likeness (QED) is 0.754. The van der Waals surface area contributed by atoms with Crippen LogP contribution in [-0.4, -0.2) is 28.6 Å². The third-order valence-electron chi connectivity index (χ3n) is 2.87. The predicted molar refractivity (Wildman–Crippen MR) is 59.7 cm³/mol. The number of nitrogens with zero attached hydrogens (tertiary/aromatic N) is 2. The topological polar surface area (TPSA) is 79.5 Å². The molecule has 0 bridgehead atoms. The van der Waals surface area contributed by atoms with Gasteiger partial charge >= 0.3 is 0 Å². The van der Waals surface area contributed by atoms with E-state index >= 15 is 0 Å². The van der Waals surface area contributed by atoms with Gasteiger partial charge in [-0.1, -0.05) is 6.07 Å². The van der Waals surface area contributed by atoms with Crippen molar-refractivity contribution in [3.63, 3.8) is 0 Å². The summed E-state index contributed by atoms with van der Waals surface area (Å²) < 4.78 is 0. The van der Waals surface area contributed by atoms with Gasteiger partial charge in [0.1, 0.15) is 11.9 Å². The van der Waals surface area contributed by atoms with Crippen molar-refractivity contribution < 1.29 is 9.90 Å². The summed E-state index contributed by atoms with van der Waals surface area (Å²) in [7, 11) is 0. The minimum Gasteiger partial charge on any atom is -0.392 e. The number of aliphatic hydroxyl groups is 1. The summed E-state index contributed by atoms with van der Waals surface area (Å²) in [5.41, 5.74) is 6.10. The summed E-state index contributed by atoms with van der Waals surface area (Å²) in [6.07, 6.45) is 3.36. The molecule has 1 aromatic heterocycles. The highest BCUT2D eigenvalue weighted by molar-refractivity contribution is 5.83. The molecule has 1 atom stereocenters. The summed E-state index contributed by atoms with van der Waals surface area (Å²) in [4.78, 5) is 17.4. The van der Waals surface area contributed by atoms with Gasteiger partial charge in [-0.25, -0.2) is 4.98 Å². The largest absolute Gasteiger partial charge is 0.392 e. The zero-order valence-electron chi connectivity index (χ0n) is 8.97. The first kappa shape index (κ1) is 10.9. The molecule has 2 rings (SSSR count). The van der Waals surface area contributed by atoms with Crippen molar-refractivity contribution in [3.8, 4) is 0 Å². The predicted octanol–water partition coefficient (Wildman–Crippen LogP) is 0.0280. The number of hydrogen-bond donors (Lipinski definition) is 2. The first-order valence-corrected chi connectivity index (χ1v) is 5.34. The summed E-state index contributed by atoms with van der Waals surface area (Å²) >= 11 is 0. The molecule has 1 aliphatic heterocycles. The van der Waals surface area contributed by atoms with Crippen molar-refractivity contribution in [3.05, 3.63) is 23.9 Å². The Balaban J connectivity index is 2.19. The van der Waals surface area contributed by atoms with Crippen molar-refractivity contribution in [1.29, 1.82) is 0 Å². The second-order valence-electron chi connectivity index (χ2n) is 3.94. The molecule has 16 heavy (non-hydrogen) atoms. The second kappa shape index (κ2) is 4.49. The molecule has 2 heterocycles. The zero-order valence-corrected chi connectivity index (χ0v) is 8.97. The molecule has 1 unspecified atom stereocenters. The number of pyridine rings is 1. The first-order valence-electron chi connectivity index (χ1n) is 5.34. The Kier molecular flexibility index (Phi) is 3.05. The number of carbonyl (C=O) groups is 1. The van der Waals surface area contributed by atoms with E-state index in [-0.39, 0.29) is 18.6 Å². The smallest absolute Gasteiger partial charge is 0.240 e. The normalized spacial score (nSPS) is 20.1. The van der Waals surface area contributed by atoms with Crippen LogP contribution in [0.2, 0.25) is 0 Å². The molecule has 5 nitrogen and oxygen atoms in total. The van der Waals surface area contributed by atoms with E-state index in [0.29, 0.717) is 0 Å². The van der Waals surface area contributed by atoms with Gasteiger partial charge in [-0.3, -0.25) is 4.79 Å². The highest BCUT2D eigenvalue weighted by Gasteiger charge is 2.29. The van der Waals surface area contributed by atoms with Crippen LogP contribution in [0, 0.1) is 0 Å². The van der Waals surface area contributed by atoms with Gasteiger partial charge in [0.2, 0.25) is 5.91 Å². The van der Waals surface area contributed by atoms with Crippen LogP contribution in [-0.2, 0) is 11.4 Å². The highest BCUT2D eigenvalue weighted by atomic mass is 16.3. The lowest BCUT2D eigenvalue weighted by atomic mass is 10.2. The van der Waals surface area contributed by atoms with Crippen molar-refractivity contribution >= 4 is 11.7 Å². The minimum absolute atomic E-state index is 0.0213. The summed E-state index contributed by atoms with van der Waals surface area (Å²) in [5, 5.41) is 8.91. The zero-order chi connectivity index (χ0) is 11.5. The fourth-order valence-electron chi connectivity index (χ4n) is 2.02. The fraction of sp³-hybridized carbons (Fsp3) is 0.455. The van der Waals surface area contributed by atoms with Gasteiger partial charge in [-0.15, -0.1) is 0 Å². The number of aromatic nitrogens is 1. The molecule has 1 aromatic rings. The van der Waals surface area contributed by atoms with Gasteiger partial charge in [0.15, 0.2) is 0 Å². The number of nitrogens with two attached hydrogens (primary N) is 1. The van der Waals surface area contributed by atoms with Crippen molar-refractivity contribution in [2.24, 2.45) is 5.73 Å². The molecule has 1 saturated heterocycles. The number of hydrogen-bond acceptors (Lipinski definition) is 4. The monoisotopic (exact) mass is 221 g/mol. The average Bonchev–Trinajstić information content (AvgIpc) is 2.78. The number of primary amides is 1. The second-order valence-corrected chi connectivity index (χ2v) is 3.94. The molecule has 3 N–H and O–H groups in total. The van der Waals surface area contributed by atoms with Crippen LogP contribution in [0.3, 0.4) is 0 Å². The molecular formula is C11H15N3O2. The van der Waals surface area contributed by atoms with Crippen LogP contribution < -0.4 is 10.6 Å². The van der Waals surface area contributed by atoms with Crippen molar-refractivity contribution in [1.82, 2.24) is 4.98 Å². The lowest BCUT2D eigenvalue weighted by molar-refractivity contribution is -0.119. The standard InChI is InChI=1S/C11H15N3O2/c12-11(16)9-2-1-5-14(9)10-4-3-8(7-15)6-13-10/h3-4,6,9,15H,1-2,5,7H2,(H2,12,16). The molecule has 1 amide bonds. The minimum atomic E-state index is -0.300. The van der Waals surface area contributed by atoms with E-state index in [2.05, 4.69) is 4.98 Å². The molecule has 0 aliphatic carbocycles. The Hall–Kier alpha value is -1.62. The first-order chi connectivity index (χ1) is 7.72. The van der Waals surface area contributed by atoms with E-state index in [0.717, 1.165) is 30.8 Å². The third-order valence-corrected chi connectivity index (χ3v) is 2.87. The molecule has 86 valence electrons. The summed E-state index contributed by atoms with van der Waals surface area (Å²) in [6, 6.07) is 3.37. The number of amides is 1. The van der Waals surface area contributed by atoms with E-state index in [4.69, 9.17) is 10.8 Å².